The lowest BCUT2D eigenvalue weighted by Crippen LogP contribution is -2.63. The summed E-state index contributed by atoms with van der Waals surface area (Å²) in [5.74, 6) is 0. The maximum absolute atomic E-state index is 11.2. The molecule has 2 saturated heterocycles. The van der Waals surface area contributed by atoms with Gasteiger partial charge in [-0.25, -0.2) is 4.79 Å². The van der Waals surface area contributed by atoms with Crippen LogP contribution in [-0.4, -0.2) is 12.2 Å². The first kappa shape index (κ1) is 9.21. The maximum Gasteiger partial charge on any atom is 0.408 e. The van der Waals surface area contributed by atoms with E-state index in [4.69, 9.17) is 4.74 Å². The molecular weight excluding hydrogens is 258 g/mol. The summed E-state index contributed by atoms with van der Waals surface area (Å²) in [6, 6.07) is 8.09. The van der Waals surface area contributed by atoms with Gasteiger partial charge in [0.15, 0.2) is 0 Å². The molecule has 3 fully saturated rings. The van der Waals surface area contributed by atoms with Gasteiger partial charge in [0.25, 0.3) is 0 Å². The molecular formula is C11H10BrNO2. The van der Waals surface area contributed by atoms with Crippen LogP contribution in [0, 0.1) is 0 Å². The van der Waals surface area contributed by atoms with E-state index in [2.05, 4.69) is 21.2 Å². The minimum Gasteiger partial charge on any atom is -0.446 e. The quantitative estimate of drug-likeness (QED) is 0.850. The number of carbonyl (C=O) groups is 1. The molecule has 0 radical (unpaired) electrons. The van der Waals surface area contributed by atoms with E-state index < -0.39 is 0 Å². The molecule has 78 valence electrons. The number of rotatable bonds is 1. The van der Waals surface area contributed by atoms with Crippen molar-refractivity contribution in [1.29, 1.82) is 0 Å². The Kier molecular flexibility index (Phi) is 1.83. The third kappa shape index (κ3) is 1.35. The number of amides is 1. The second-order valence-corrected chi connectivity index (χ2v) is 5.07. The summed E-state index contributed by atoms with van der Waals surface area (Å²) in [6.45, 7) is 0. The molecule has 1 N–H and O–H groups in total. The van der Waals surface area contributed by atoms with E-state index in [1.165, 1.54) is 5.56 Å². The van der Waals surface area contributed by atoms with Crippen molar-refractivity contribution in [3.05, 3.63) is 34.3 Å². The first-order chi connectivity index (χ1) is 7.18. The summed E-state index contributed by atoms with van der Waals surface area (Å²) in [5.41, 5.74) is 0.999. The smallest absolute Gasteiger partial charge is 0.408 e. The SMILES string of the molecule is O=C1N[C@]2(c3ccc(Br)cc3)C[C@H](C2)O1. The molecule has 3 aliphatic rings. The molecule has 2 heterocycles. The number of nitrogens with one attached hydrogen (secondary N) is 1. The van der Waals surface area contributed by atoms with Crippen LogP contribution in [0.25, 0.3) is 0 Å². The Morgan fingerprint density at radius 2 is 2.00 bits per heavy atom. The first-order valence-electron chi connectivity index (χ1n) is 4.93. The van der Waals surface area contributed by atoms with E-state index in [9.17, 15) is 4.79 Å². The molecule has 1 amide bonds. The zero-order chi connectivity index (χ0) is 10.5. The molecule has 0 spiro atoms. The van der Waals surface area contributed by atoms with Crippen LogP contribution < -0.4 is 5.32 Å². The van der Waals surface area contributed by atoms with Crippen LogP contribution in [0.4, 0.5) is 4.79 Å². The van der Waals surface area contributed by atoms with Gasteiger partial charge in [-0.3, -0.25) is 0 Å². The van der Waals surface area contributed by atoms with Gasteiger partial charge in [-0.05, 0) is 17.7 Å². The van der Waals surface area contributed by atoms with Crippen LogP contribution in [0.5, 0.6) is 0 Å². The van der Waals surface area contributed by atoms with Crippen LogP contribution in [0.1, 0.15) is 18.4 Å². The Balaban J connectivity index is 1.93. The average Bonchev–Trinajstić information content (AvgIpc) is 2.16. The minimum atomic E-state index is -0.291. The van der Waals surface area contributed by atoms with E-state index in [1.54, 1.807) is 0 Å². The van der Waals surface area contributed by atoms with Gasteiger partial charge >= 0.3 is 6.09 Å². The Hall–Kier alpha value is -1.03. The zero-order valence-electron chi connectivity index (χ0n) is 8.00. The van der Waals surface area contributed by atoms with Gasteiger partial charge in [0.05, 0.1) is 5.54 Å². The average molecular weight is 268 g/mol. The largest absolute Gasteiger partial charge is 0.446 e. The Labute approximate surface area is 95.9 Å². The summed E-state index contributed by atoms with van der Waals surface area (Å²) in [6.07, 6.45) is 1.60. The Bertz CT molecular complexity index is 409. The van der Waals surface area contributed by atoms with Crippen molar-refractivity contribution in [1.82, 2.24) is 5.32 Å². The number of benzene rings is 1. The third-order valence-electron chi connectivity index (χ3n) is 3.16. The van der Waals surface area contributed by atoms with Crippen molar-refractivity contribution in [2.75, 3.05) is 0 Å². The maximum atomic E-state index is 11.2. The number of hydrogen-bond acceptors (Lipinski definition) is 2. The van der Waals surface area contributed by atoms with Crippen molar-refractivity contribution < 1.29 is 9.53 Å². The van der Waals surface area contributed by atoms with E-state index in [0.29, 0.717) is 0 Å². The molecule has 0 atom stereocenters. The van der Waals surface area contributed by atoms with E-state index in [0.717, 1.165) is 17.3 Å². The number of halogens is 1. The predicted molar refractivity (Wildman–Crippen MR) is 58.5 cm³/mol. The summed E-state index contributed by atoms with van der Waals surface area (Å²) in [7, 11) is 0. The molecule has 4 heteroatoms. The Morgan fingerprint density at radius 3 is 2.60 bits per heavy atom. The molecule has 3 nitrogen and oxygen atoms in total. The molecule has 0 aromatic heterocycles. The monoisotopic (exact) mass is 267 g/mol. The molecule has 1 aromatic carbocycles. The molecule has 2 aliphatic heterocycles. The zero-order valence-corrected chi connectivity index (χ0v) is 9.58. The fraction of sp³-hybridized carbons (Fsp3) is 0.364. The highest BCUT2D eigenvalue weighted by molar-refractivity contribution is 9.10. The number of hydrogen-bond donors (Lipinski definition) is 1. The molecule has 1 aliphatic carbocycles. The number of ether oxygens (including phenoxy) is 1. The summed E-state index contributed by atoms with van der Waals surface area (Å²) in [5, 5.41) is 2.92. The fourth-order valence-electron chi connectivity index (χ4n) is 2.36. The van der Waals surface area contributed by atoms with Crippen molar-refractivity contribution in [3.8, 4) is 0 Å². The highest BCUT2D eigenvalue weighted by atomic mass is 79.9. The molecule has 1 saturated carbocycles. The van der Waals surface area contributed by atoms with Crippen molar-refractivity contribution in [2.24, 2.45) is 0 Å². The van der Waals surface area contributed by atoms with Crippen LogP contribution >= 0.6 is 15.9 Å². The topological polar surface area (TPSA) is 38.3 Å². The predicted octanol–water partition coefficient (Wildman–Crippen LogP) is 2.55. The highest BCUT2D eigenvalue weighted by Gasteiger charge is 2.52. The molecule has 2 bridgehead atoms. The summed E-state index contributed by atoms with van der Waals surface area (Å²) < 4.78 is 6.12. The first-order valence-corrected chi connectivity index (χ1v) is 5.72. The fourth-order valence-corrected chi connectivity index (χ4v) is 2.62. The molecule has 0 unspecified atom stereocenters. The second kappa shape index (κ2) is 2.98. The van der Waals surface area contributed by atoms with Crippen LogP contribution in [0.2, 0.25) is 0 Å². The molecule has 1 aromatic rings. The van der Waals surface area contributed by atoms with Gasteiger partial charge in [0.2, 0.25) is 0 Å². The van der Waals surface area contributed by atoms with Gasteiger partial charge < -0.3 is 10.1 Å². The summed E-state index contributed by atoms with van der Waals surface area (Å²) >= 11 is 3.40. The lowest BCUT2D eigenvalue weighted by molar-refractivity contribution is -0.0588. The van der Waals surface area contributed by atoms with Crippen LogP contribution in [0.15, 0.2) is 28.7 Å². The van der Waals surface area contributed by atoms with Crippen molar-refractivity contribution in [2.45, 2.75) is 24.5 Å². The van der Waals surface area contributed by atoms with Gasteiger partial charge in [0, 0.05) is 17.3 Å². The van der Waals surface area contributed by atoms with Crippen molar-refractivity contribution >= 4 is 22.0 Å². The van der Waals surface area contributed by atoms with Gasteiger partial charge in [-0.2, -0.15) is 0 Å². The number of carbonyl (C=O) groups excluding carboxylic acids is 1. The standard InChI is InChI=1S/C11H10BrNO2/c12-8-3-1-7(2-4-8)11-5-9(6-11)15-10(14)13-11/h1-4,9H,5-6H2,(H,13,14)/t9-,11-. The van der Waals surface area contributed by atoms with Crippen LogP contribution in [-0.2, 0) is 10.3 Å². The molecule has 4 rings (SSSR count). The normalized spacial score (nSPS) is 32.6. The second-order valence-electron chi connectivity index (χ2n) is 4.15. The molecule has 15 heavy (non-hydrogen) atoms. The van der Waals surface area contributed by atoms with Crippen molar-refractivity contribution in [3.63, 3.8) is 0 Å². The van der Waals surface area contributed by atoms with Crippen LogP contribution in [0.3, 0.4) is 0 Å². The Morgan fingerprint density at radius 1 is 1.33 bits per heavy atom. The highest BCUT2D eigenvalue weighted by Crippen LogP contribution is 2.46. The third-order valence-corrected chi connectivity index (χ3v) is 3.69. The number of alkyl carbamates (subject to hydrolysis) is 1. The number of fused-ring (bicyclic) bond motifs is 2. The van der Waals surface area contributed by atoms with Gasteiger partial charge in [-0.15, -0.1) is 0 Å². The van der Waals surface area contributed by atoms with E-state index >= 15 is 0 Å². The van der Waals surface area contributed by atoms with E-state index in [-0.39, 0.29) is 17.7 Å². The van der Waals surface area contributed by atoms with Gasteiger partial charge in [-0.1, -0.05) is 28.1 Å². The lowest BCUT2D eigenvalue weighted by atomic mass is 9.69. The van der Waals surface area contributed by atoms with Gasteiger partial charge in [0.1, 0.15) is 6.10 Å². The lowest BCUT2D eigenvalue weighted by Gasteiger charge is -2.51. The van der Waals surface area contributed by atoms with E-state index in [1.807, 2.05) is 24.3 Å². The minimum absolute atomic E-state index is 0.113. The summed E-state index contributed by atoms with van der Waals surface area (Å²) in [4.78, 5) is 11.2.